The number of aromatic nitrogens is 4. The fraction of sp³-hybridized carbons (Fsp3) is 0. The molecular weight excluding hydrogens is 362 g/mol. The van der Waals surface area contributed by atoms with E-state index in [0.29, 0.717) is 11.8 Å². The number of benzene rings is 2. The molecule has 5 nitrogen and oxygen atoms in total. The van der Waals surface area contributed by atoms with Gasteiger partial charge >= 0.3 is 0 Å². The molecule has 22 heavy (non-hydrogen) atoms. The normalized spacial score (nSPS) is 11.1. The number of hydrogen-bond acceptors (Lipinski definition) is 5. The third kappa shape index (κ3) is 2.28. The van der Waals surface area contributed by atoms with Crippen LogP contribution in [0, 0.1) is 0 Å². The molecule has 4 aromatic rings. The second kappa shape index (κ2) is 5.19. The molecule has 108 valence electrons. The maximum absolute atomic E-state index is 6.01. The van der Waals surface area contributed by atoms with E-state index in [4.69, 9.17) is 5.73 Å². The van der Waals surface area contributed by atoms with Gasteiger partial charge in [-0.2, -0.15) is 9.67 Å². The monoisotopic (exact) mass is 371 g/mol. The molecule has 0 spiro atoms. The highest BCUT2D eigenvalue weighted by Gasteiger charge is 2.14. The lowest BCUT2D eigenvalue weighted by Crippen LogP contribution is -2.01. The number of nitrogen functional groups attached to an aromatic ring is 1. The van der Waals surface area contributed by atoms with Gasteiger partial charge < -0.3 is 5.73 Å². The molecule has 2 aromatic heterocycles. The molecule has 0 bridgehead atoms. The second-order valence-electron chi connectivity index (χ2n) is 4.68. The number of thiazole rings is 1. The zero-order valence-corrected chi connectivity index (χ0v) is 13.7. The third-order valence-electron chi connectivity index (χ3n) is 3.20. The number of hydrogen-bond donors (Lipinski definition) is 1. The second-order valence-corrected chi connectivity index (χ2v) is 6.60. The van der Waals surface area contributed by atoms with E-state index in [-0.39, 0.29) is 0 Å². The van der Waals surface area contributed by atoms with E-state index in [0.717, 1.165) is 25.4 Å². The Kier molecular flexibility index (Phi) is 3.16. The largest absolute Gasteiger partial charge is 0.368 e. The molecule has 2 heterocycles. The van der Waals surface area contributed by atoms with Crippen molar-refractivity contribution in [3.63, 3.8) is 0 Å². The lowest BCUT2D eigenvalue weighted by molar-refractivity contribution is 0.886. The van der Waals surface area contributed by atoms with E-state index in [9.17, 15) is 0 Å². The van der Waals surface area contributed by atoms with E-state index >= 15 is 0 Å². The molecule has 0 fully saturated rings. The minimum atomic E-state index is 0.331. The fourth-order valence-corrected chi connectivity index (χ4v) is 3.33. The van der Waals surface area contributed by atoms with Gasteiger partial charge in [-0.1, -0.05) is 51.5 Å². The number of nitrogens with zero attached hydrogens (tertiary/aromatic N) is 4. The summed E-state index contributed by atoms with van der Waals surface area (Å²) in [7, 11) is 0. The van der Waals surface area contributed by atoms with Gasteiger partial charge in [0.2, 0.25) is 11.1 Å². The molecule has 0 saturated heterocycles. The van der Waals surface area contributed by atoms with Crippen molar-refractivity contribution >= 4 is 43.4 Å². The smallest absolute Gasteiger partial charge is 0.226 e. The predicted molar refractivity (Wildman–Crippen MR) is 92.1 cm³/mol. The topological polar surface area (TPSA) is 69.6 Å². The van der Waals surface area contributed by atoms with Crippen molar-refractivity contribution in [3.8, 4) is 16.5 Å². The number of anilines is 1. The van der Waals surface area contributed by atoms with E-state index in [2.05, 4.69) is 31.0 Å². The Morgan fingerprint density at radius 2 is 1.77 bits per heavy atom. The summed E-state index contributed by atoms with van der Waals surface area (Å²) >= 11 is 4.95. The number of rotatable bonds is 2. The summed E-state index contributed by atoms with van der Waals surface area (Å²) in [5.41, 5.74) is 7.85. The van der Waals surface area contributed by atoms with Crippen molar-refractivity contribution < 1.29 is 0 Å². The van der Waals surface area contributed by atoms with Crippen LogP contribution in [-0.4, -0.2) is 19.7 Å². The van der Waals surface area contributed by atoms with Crippen LogP contribution in [0.1, 0.15) is 0 Å². The Balaban J connectivity index is 1.81. The molecular formula is C15H10BrN5S. The lowest BCUT2D eigenvalue weighted by atomic mass is 10.2. The van der Waals surface area contributed by atoms with E-state index < -0.39 is 0 Å². The molecule has 0 aliphatic heterocycles. The minimum absolute atomic E-state index is 0.331. The first-order valence-corrected chi connectivity index (χ1v) is 8.16. The van der Waals surface area contributed by atoms with Crippen molar-refractivity contribution in [2.75, 3.05) is 5.73 Å². The Bertz CT molecular complexity index is 925. The van der Waals surface area contributed by atoms with Gasteiger partial charge in [0.1, 0.15) is 0 Å². The highest BCUT2D eigenvalue weighted by atomic mass is 79.9. The summed E-state index contributed by atoms with van der Waals surface area (Å²) in [5, 5.41) is 5.21. The molecule has 2 N–H and O–H groups in total. The van der Waals surface area contributed by atoms with Crippen LogP contribution in [0.3, 0.4) is 0 Å². The molecule has 0 saturated carbocycles. The van der Waals surface area contributed by atoms with Crippen LogP contribution in [0.15, 0.2) is 53.0 Å². The zero-order valence-electron chi connectivity index (χ0n) is 11.3. The first-order chi connectivity index (χ1) is 10.7. The number of fused-ring (bicyclic) bond motifs is 1. The minimum Gasteiger partial charge on any atom is -0.368 e. The maximum atomic E-state index is 6.01. The molecule has 7 heteroatoms. The van der Waals surface area contributed by atoms with Crippen LogP contribution >= 0.6 is 27.3 Å². The highest BCUT2D eigenvalue weighted by Crippen LogP contribution is 2.27. The zero-order chi connectivity index (χ0) is 15.1. The van der Waals surface area contributed by atoms with E-state index in [1.165, 1.54) is 11.3 Å². The third-order valence-corrected chi connectivity index (χ3v) is 4.74. The summed E-state index contributed by atoms with van der Waals surface area (Å²) in [4.78, 5) is 8.89. The first kappa shape index (κ1) is 13.4. The Labute approximate surface area is 138 Å². The van der Waals surface area contributed by atoms with Gasteiger partial charge in [0.25, 0.3) is 0 Å². The quantitative estimate of drug-likeness (QED) is 0.580. The van der Waals surface area contributed by atoms with Gasteiger partial charge in [-0.3, -0.25) is 0 Å². The van der Waals surface area contributed by atoms with Gasteiger partial charge in [0.15, 0.2) is 5.82 Å². The number of para-hydroxylation sites is 1. The van der Waals surface area contributed by atoms with Gasteiger partial charge in [-0.05, 0) is 24.3 Å². The predicted octanol–water partition coefficient (Wildman–Crippen LogP) is 3.89. The fourth-order valence-electron chi connectivity index (χ4n) is 2.14. The van der Waals surface area contributed by atoms with Crippen LogP contribution in [0.5, 0.6) is 0 Å². The van der Waals surface area contributed by atoms with Crippen molar-refractivity contribution in [2.24, 2.45) is 0 Å². The summed E-state index contributed by atoms with van der Waals surface area (Å²) in [6.45, 7) is 0. The Hall–Kier alpha value is -2.25. The molecule has 0 atom stereocenters. The van der Waals surface area contributed by atoms with Gasteiger partial charge in [0.05, 0.1) is 10.2 Å². The molecule has 0 amide bonds. The number of nitrogens with two attached hydrogens (primary N) is 1. The summed E-state index contributed by atoms with van der Waals surface area (Å²) in [6, 6.07) is 15.7. The van der Waals surface area contributed by atoms with Crippen molar-refractivity contribution in [2.45, 2.75) is 0 Å². The summed E-state index contributed by atoms with van der Waals surface area (Å²) in [5.74, 6) is 0.918. The summed E-state index contributed by atoms with van der Waals surface area (Å²) in [6.07, 6.45) is 0. The first-order valence-electron chi connectivity index (χ1n) is 6.55. The van der Waals surface area contributed by atoms with Gasteiger partial charge in [-0.15, -0.1) is 5.10 Å². The van der Waals surface area contributed by atoms with Gasteiger partial charge in [0, 0.05) is 10.0 Å². The average molecular weight is 372 g/mol. The van der Waals surface area contributed by atoms with Crippen LogP contribution in [0.4, 0.5) is 5.95 Å². The van der Waals surface area contributed by atoms with E-state index in [1.807, 2.05) is 48.5 Å². The van der Waals surface area contributed by atoms with Crippen LogP contribution in [0.25, 0.3) is 26.7 Å². The highest BCUT2D eigenvalue weighted by molar-refractivity contribution is 9.10. The number of halogens is 1. The molecule has 0 radical (unpaired) electrons. The van der Waals surface area contributed by atoms with E-state index in [1.54, 1.807) is 4.68 Å². The van der Waals surface area contributed by atoms with Crippen LogP contribution in [-0.2, 0) is 0 Å². The molecule has 0 aliphatic carbocycles. The molecule has 4 rings (SSSR count). The molecule has 0 unspecified atom stereocenters. The van der Waals surface area contributed by atoms with Crippen LogP contribution in [0.2, 0.25) is 0 Å². The maximum Gasteiger partial charge on any atom is 0.226 e. The van der Waals surface area contributed by atoms with Gasteiger partial charge in [-0.25, -0.2) is 4.98 Å². The molecule has 0 aliphatic rings. The van der Waals surface area contributed by atoms with Crippen molar-refractivity contribution in [3.05, 3.63) is 53.0 Å². The Morgan fingerprint density at radius 3 is 2.55 bits per heavy atom. The lowest BCUT2D eigenvalue weighted by Gasteiger charge is -1.95. The molecule has 2 aromatic carbocycles. The summed E-state index contributed by atoms with van der Waals surface area (Å²) < 4.78 is 3.69. The average Bonchev–Trinajstić information content (AvgIpc) is 3.11. The van der Waals surface area contributed by atoms with Crippen molar-refractivity contribution in [1.82, 2.24) is 19.7 Å². The SMILES string of the molecule is Nc1nc(-c2ccc(Br)cc2)nn1-c1nc2ccccc2s1. The van der Waals surface area contributed by atoms with Crippen LogP contribution < -0.4 is 5.73 Å². The standard InChI is InChI=1S/C15H10BrN5S/c16-10-7-5-9(6-8-10)13-19-14(17)21(20-13)15-18-11-3-1-2-4-12(11)22-15/h1-8H,(H2,17,19,20). The Morgan fingerprint density at radius 1 is 1.00 bits per heavy atom. The van der Waals surface area contributed by atoms with Crippen molar-refractivity contribution in [1.29, 1.82) is 0 Å².